The van der Waals surface area contributed by atoms with Gasteiger partial charge in [-0.2, -0.15) is 0 Å². The van der Waals surface area contributed by atoms with Gasteiger partial charge in [-0.1, -0.05) is 25.5 Å². The van der Waals surface area contributed by atoms with Crippen LogP contribution in [-0.4, -0.2) is 50.6 Å². The topological polar surface area (TPSA) is 94.8 Å². The van der Waals surface area contributed by atoms with Gasteiger partial charge in [0.05, 0.1) is 18.1 Å². The highest BCUT2D eigenvalue weighted by Gasteiger charge is 2.71. The van der Waals surface area contributed by atoms with Crippen LogP contribution in [0.1, 0.15) is 39.5 Å². The molecule has 0 radical (unpaired) electrons. The second-order valence-electron chi connectivity index (χ2n) is 9.29. The Morgan fingerprint density at radius 3 is 2.70 bits per heavy atom. The first-order valence-corrected chi connectivity index (χ1v) is 10.2. The maximum Gasteiger partial charge on any atom is 0.182 e. The van der Waals surface area contributed by atoms with Gasteiger partial charge in [0, 0.05) is 16.7 Å². The van der Waals surface area contributed by atoms with Crippen LogP contribution in [0.4, 0.5) is 0 Å². The van der Waals surface area contributed by atoms with E-state index in [9.17, 15) is 24.9 Å². The third-order valence-corrected chi connectivity index (χ3v) is 8.51. The molecule has 0 amide bonds. The van der Waals surface area contributed by atoms with E-state index in [2.05, 4.69) is 6.92 Å². The summed E-state index contributed by atoms with van der Waals surface area (Å²) in [7, 11) is 0. The molecule has 5 nitrogen and oxygen atoms in total. The van der Waals surface area contributed by atoms with Gasteiger partial charge in [0.2, 0.25) is 0 Å². The molecule has 0 aromatic heterocycles. The van der Waals surface area contributed by atoms with E-state index in [1.807, 2.05) is 13.0 Å². The summed E-state index contributed by atoms with van der Waals surface area (Å²) < 4.78 is 0. The third kappa shape index (κ3) is 2.29. The molecule has 0 bridgehead atoms. The zero-order chi connectivity index (χ0) is 19.8. The lowest BCUT2D eigenvalue weighted by Gasteiger charge is -2.59. The van der Waals surface area contributed by atoms with E-state index in [0.29, 0.717) is 6.42 Å². The van der Waals surface area contributed by atoms with Gasteiger partial charge >= 0.3 is 0 Å². The largest absolute Gasteiger partial charge is 0.393 e. The summed E-state index contributed by atoms with van der Waals surface area (Å²) in [6.07, 6.45) is 5.29. The number of carbonyl (C=O) groups excluding carboxylic acids is 2. The number of hydrogen-bond acceptors (Lipinski definition) is 5. The van der Waals surface area contributed by atoms with Crippen LogP contribution in [0.2, 0.25) is 0 Å². The molecule has 0 aromatic rings. The van der Waals surface area contributed by atoms with Gasteiger partial charge in [0.25, 0.3) is 0 Å². The summed E-state index contributed by atoms with van der Waals surface area (Å²) in [4.78, 5) is 24.3. The second-order valence-corrected chi connectivity index (χ2v) is 9.55. The molecular formula is C21H27ClO5. The van der Waals surface area contributed by atoms with Crippen LogP contribution in [0.5, 0.6) is 0 Å². The highest BCUT2D eigenvalue weighted by molar-refractivity contribution is 6.29. The van der Waals surface area contributed by atoms with Crippen LogP contribution in [0.25, 0.3) is 0 Å². The van der Waals surface area contributed by atoms with Crippen LogP contribution in [-0.2, 0) is 9.59 Å². The lowest BCUT2D eigenvalue weighted by molar-refractivity contribution is -0.186. The first kappa shape index (κ1) is 19.3. The number of allylic oxidation sites excluding steroid dienone is 4. The number of rotatable bonds is 2. The molecular weight excluding hydrogens is 368 g/mol. The number of Topliss-reactive ketones (excluding diaryl/α,β-unsaturated/α-hetero) is 1. The first-order chi connectivity index (χ1) is 12.6. The van der Waals surface area contributed by atoms with E-state index in [1.165, 1.54) is 0 Å². The van der Waals surface area contributed by atoms with Crippen molar-refractivity contribution in [2.45, 2.75) is 57.3 Å². The highest BCUT2D eigenvalue weighted by atomic mass is 35.5. The van der Waals surface area contributed by atoms with E-state index >= 15 is 0 Å². The molecule has 0 saturated heterocycles. The molecule has 0 spiro atoms. The van der Waals surface area contributed by atoms with Crippen LogP contribution in [0.15, 0.2) is 23.8 Å². The van der Waals surface area contributed by atoms with Crippen LogP contribution in [0.3, 0.4) is 0 Å². The van der Waals surface area contributed by atoms with Crippen molar-refractivity contribution in [2.75, 3.05) is 5.88 Å². The van der Waals surface area contributed by atoms with Crippen molar-refractivity contribution >= 4 is 23.2 Å². The van der Waals surface area contributed by atoms with Crippen molar-refractivity contribution in [3.8, 4) is 0 Å². The lowest BCUT2D eigenvalue weighted by Crippen LogP contribution is -2.63. The SMILES string of the molecule is C[C@]12C=CC(=O)C=C1CC[C@@H]1[C@@H]2C(O)C[C@@]2(C)[C@H]1CC(O)[C@]2(O)C(=O)CCl. The molecule has 8 atom stereocenters. The Labute approximate surface area is 164 Å². The lowest BCUT2D eigenvalue weighted by atomic mass is 9.46. The Hall–Kier alpha value is -1.01. The average Bonchev–Trinajstić information content (AvgIpc) is 2.82. The first-order valence-electron chi connectivity index (χ1n) is 9.71. The van der Waals surface area contributed by atoms with Crippen molar-refractivity contribution < 1.29 is 24.9 Å². The maximum absolute atomic E-state index is 12.5. The summed E-state index contributed by atoms with van der Waals surface area (Å²) in [6.45, 7) is 3.87. The minimum Gasteiger partial charge on any atom is -0.393 e. The Bertz CT molecular complexity index is 760. The molecule has 6 heteroatoms. The Morgan fingerprint density at radius 2 is 2.04 bits per heavy atom. The molecule has 148 valence electrons. The van der Waals surface area contributed by atoms with E-state index in [1.54, 1.807) is 12.2 Å². The van der Waals surface area contributed by atoms with Gasteiger partial charge in [0.15, 0.2) is 17.2 Å². The zero-order valence-electron chi connectivity index (χ0n) is 15.7. The number of fused-ring (bicyclic) bond motifs is 5. The van der Waals surface area contributed by atoms with Gasteiger partial charge in [-0.05, 0) is 49.7 Å². The second kappa shape index (κ2) is 5.99. The summed E-state index contributed by atoms with van der Waals surface area (Å²) in [5, 5.41) is 33.1. The number of aliphatic hydroxyl groups excluding tert-OH is 2. The number of aliphatic hydroxyl groups is 3. The quantitative estimate of drug-likeness (QED) is 0.620. The van der Waals surface area contributed by atoms with Gasteiger partial charge < -0.3 is 15.3 Å². The molecule has 27 heavy (non-hydrogen) atoms. The fourth-order valence-corrected chi connectivity index (χ4v) is 7.15. The van der Waals surface area contributed by atoms with Gasteiger partial charge in [0.1, 0.15) is 0 Å². The Balaban J connectivity index is 1.78. The molecule has 0 aromatic carbocycles. The minimum atomic E-state index is -1.93. The molecule has 3 N–H and O–H groups in total. The third-order valence-electron chi connectivity index (χ3n) is 8.26. The maximum atomic E-state index is 12.5. The molecule has 4 aliphatic carbocycles. The predicted octanol–water partition coefficient (Wildman–Crippen LogP) is 1.77. The molecule has 4 rings (SSSR count). The van der Waals surface area contributed by atoms with Crippen molar-refractivity contribution in [2.24, 2.45) is 28.6 Å². The minimum absolute atomic E-state index is 0.0190. The number of carbonyl (C=O) groups is 2. The molecule has 3 fully saturated rings. The standard InChI is InChI=1S/C21H27ClO5/c1-19-6-5-12(23)7-11(19)3-4-13-14-8-16(25)21(27,17(26)10-22)20(14,2)9-15(24)18(13)19/h5-7,13-16,18,24-25,27H,3-4,8-10H2,1-2H3/t13-,14-,15?,16?,18+,19-,20-,21-/m0/s1. The van der Waals surface area contributed by atoms with Gasteiger partial charge in [-0.15, -0.1) is 11.6 Å². The number of alkyl halides is 1. The van der Waals surface area contributed by atoms with Crippen molar-refractivity contribution in [1.29, 1.82) is 0 Å². The zero-order valence-corrected chi connectivity index (χ0v) is 16.4. The normalized spacial score (nSPS) is 51.3. The Morgan fingerprint density at radius 1 is 1.33 bits per heavy atom. The van der Waals surface area contributed by atoms with Crippen molar-refractivity contribution in [3.63, 3.8) is 0 Å². The van der Waals surface area contributed by atoms with E-state index in [0.717, 1.165) is 18.4 Å². The van der Waals surface area contributed by atoms with Gasteiger partial charge in [-0.25, -0.2) is 0 Å². The molecule has 2 unspecified atom stereocenters. The molecule has 3 saturated carbocycles. The van der Waals surface area contributed by atoms with Crippen molar-refractivity contribution in [3.05, 3.63) is 23.8 Å². The molecule has 0 aliphatic heterocycles. The molecule has 4 aliphatic rings. The van der Waals surface area contributed by atoms with Gasteiger partial charge in [-0.3, -0.25) is 9.59 Å². The highest BCUT2D eigenvalue weighted by Crippen LogP contribution is 2.67. The van der Waals surface area contributed by atoms with Crippen LogP contribution < -0.4 is 0 Å². The summed E-state index contributed by atoms with van der Waals surface area (Å²) in [5.41, 5.74) is -2.23. The van der Waals surface area contributed by atoms with E-state index in [-0.39, 0.29) is 35.8 Å². The number of halogens is 1. The number of hydrogen-bond donors (Lipinski definition) is 3. The number of ketones is 2. The average molecular weight is 395 g/mol. The predicted molar refractivity (Wildman–Crippen MR) is 100 cm³/mol. The fraction of sp³-hybridized carbons (Fsp3) is 0.714. The summed E-state index contributed by atoms with van der Waals surface area (Å²) >= 11 is 5.75. The summed E-state index contributed by atoms with van der Waals surface area (Å²) in [6, 6.07) is 0. The fourth-order valence-electron chi connectivity index (χ4n) is 6.94. The monoisotopic (exact) mass is 394 g/mol. The summed E-state index contributed by atoms with van der Waals surface area (Å²) in [5.74, 6) is -1.11. The smallest absolute Gasteiger partial charge is 0.182 e. The molecule has 0 heterocycles. The van der Waals surface area contributed by atoms with E-state index in [4.69, 9.17) is 11.6 Å². The van der Waals surface area contributed by atoms with Crippen LogP contribution >= 0.6 is 11.6 Å². The van der Waals surface area contributed by atoms with Crippen LogP contribution in [0, 0.1) is 28.6 Å². The Kier molecular flexibility index (Phi) is 4.29. The van der Waals surface area contributed by atoms with Crippen molar-refractivity contribution in [1.82, 2.24) is 0 Å². The van der Waals surface area contributed by atoms with E-state index < -0.39 is 34.4 Å².